The molecule has 1 saturated heterocycles. The summed E-state index contributed by atoms with van der Waals surface area (Å²) in [6.07, 6.45) is 4.08. The van der Waals surface area contributed by atoms with Crippen molar-refractivity contribution in [3.05, 3.63) is 18.5 Å². The van der Waals surface area contributed by atoms with Crippen LogP contribution in [0.25, 0.3) is 0 Å². The van der Waals surface area contributed by atoms with E-state index in [1.54, 1.807) is 10.9 Å². The zero-order valence-electron chi connectivity index (χ0n) is 7.77. The highest BCUT2D eigenvalue weighted by atomic mass is 16.5. The van der Waals surface area contributed by atoms with Crippen molar-refractivity contribution < 1.29 is 9.53 Å². The molecule has 2 heterocycles. The number of carbonyl (C=O) groups is 1. The number of carbonyl (C=O) groups excluding carboxylic acids is 1. The van der Waals surface area contributed by atoms with E-state index in [2.05, 4.69) is 16.5 Å². The molecule has 0 spiro atoms. The summed E-state index contributed by atoms with van der Waals surface area (Å²) in [7, 11) is 0. The molecule has 75 valence electrons. The second-order valence-electron chi connectivity index (χ2n) is 3.27. The van der Waals surface area contributed by atoms with Crippen LogP contribution in [-0.4, -0.2) is 34.9 Å². The Bertz CT molecular complexity index is 291. The second-order valence-corrected chi connectivity index (χ2v) is 3.27. The first-order valence-corrected chi connectivity index (χ1v) is 4.60. The van der Waals surface area contributed by atoms with Crippen LogP contribution in [0.4, 0.5) is 0 Å². The van der Waals surface area contributed by atoms with Crippen LogP contribution in [-0.2, 0) is 16.1 Å². The number of ether oxygens (including phenoxy) is 1. The van der Waals surface area contributed by atoms with Gasteiger partial charge in [-0.05, 0) is 6.42 Å². The molecule has 1 aromatic rings. The molecule has 1 N–H and O–H groups in total. The molecule has 5 heteroatoms. The zero-order valence-corrected chi connectivity index (χ0v) is 7.77. The Balaban J connectivity index is 1.78. The minimum atomic E-state index is -0.0300. The molecule has 2 rings (SSSR count). The summed E-state index contributed by atoms with van der Waals surface area (Å²) >= 11 is 0. The normalized spacial score (nSPS) is 21.0. The summed E-state index contributed by atoms with van der Waals surface area (Å²) < 4.78 is 6.70. The Morgan fingerprint density at radius 1 is 1.79 bits per heavy atom. The fraction of sp³-hybridized carbons (Fsp3) is 0.556. The number of aromatic nitrogens is 2. The highest BCUT2D eigenvalue weighted by molar-refractivity contribution is 5.75. The van der Waals surface area contributed by atoms with Crippen LogP contribution < -0.4 is 5.32 Å². The van der Waals surface area contributed by atoms with Gasteiger partial charge in [0, 0.05) is 18.9 Å². The number of nitrogens with zero attached hydrogens (tertiary/aromatic N) is 2. The van der Waals surface area contributed by atoms with Gasteiger partial charge in [-0.25, -0.2) is 0 Å². The smallest absolute Gasteiger partial charge is 0.242 e. The molecule has 0 aromatic carbocycles. The van der Waals surface area contributed by atoms with Gasteiger partial charge in [0.15, 0.2) is 0 Å². The Kier molecular flexibility index (Phi) is 2.78. The van der Waals surface area contributed by atoms with Crippen molar-refractivity contribution >= 4 is 5.91 Å². The van der Waals surface area contributed by atoms with Crippen LogP contribution in [0.5, 0.6) is 0 Å². The number of amides is 1. The number of hydrogen-bond donors (Lipinski definition) is 1. The van der Waals surface area contributed by atoms with Crippen LogP contribution in [0.15, 0.2) is 12.4 Å². The monoisotopic (exact) mass is 194 g/mol. The Morgan fingerprint density at radius 2 is 2.71 bits per heavy atom. The van der Waals surface area contributed by atoms with Crippen molar-refractivity contribution in [2.24, 2.45) is 0 Å². The van der Waals surface area contributed by atoms with Crippen LogP contribution in [0.3, 0.4) is 0 Å². The van der Waals surface area contributed by atoms with E-state index >= 15 is 0 Å². The molecule has 1 aliphatic rings. The summed E-state index contributed by atoms with van der Waals surface area (Å²) in [5, 5.41) is 6.78. The third kappa shape index (κ3) is 2.32. The molecule has 1 unspecified atom stereocenters. The third-order valence-electron chi connectivity index (χ3n) is 2.10. The Hall–Kier alpha value is -1.36. The van der Waals surface area contributed by atoms with Gasteiger partial charge in [-0.2, -0.15) is 5.10 Å². The van der Waals surface area contributed by atoms with E-state index in [0.717, 1.165) is 13.0 Å². The molecule has 1 aromatic heterocycles. The van der Waals surface area contributed by atoms with Gasteiger partial charge in [-0.15, -0.1) is 0 Å². The topological polar surface area (TPSA) is 56.2 Å². The third-order valence-corrected chi connectivity index (χ3v) is 2.10. The maximum absolute atomic E-state index is 11.4. The molecule has 1 fully saturated rings. The van der Waals surface area contributed by atoms with E-state index in [4.69, 9.17) is 4.74 Å². The minimum absolute atomic E-state index is 0.0300. The number of rotatable bonds is 3. The van der Waals surface area contributed by atoms with E-state index < -0.39 is 0 Å². The molecule has 5 nitrogen and oxygen atoms in total. The molecule has 1 atom stereocenters. The molecule has 1 amide bonds. The van der Waals surface area contributed by atoms with Gasteiger partial charge in [0.2, 0.25) is 5.91 Å². The highest BCUT2D eigenvalue weighted by Crippen LogP contribution is 2.02. The summed E-state index contributed by atoms with van der Waals surface area (Å²) in [6.45, 7) is 1.61. The quantitative estimate of drug-likeness (QED) is 0.711. The van der Waals surface area contributed by atoms with E-state index in [9.17, 15) is 4.79 Å². The standard InChI is InChI=1S/C9H12N3O2/c13-9(6-12-4-1-3-10-12)11-8-2-5-14-7-8/h3-4,8H,2,5-7H2,(H,11,13). The number of nitrogens with one attached hydrogen (secondary N) is 1. The first-order chi connectivity index (χ1) is 6.84. The van der Waals surface area contributed by atoms with E-state index in [1.807, 2.05) is 0 Å². The van der Waals surface area contributed by atoms with Crippen LogP contribution in [0.1, 0.15) is 6.42 Å². The van der Waals surface area contributed by atoms with Crippen molar-refractivity contribution in [2.45, 2.75) is 19.0 Å². The van der Waals surface area contributed by atoms with Gasteiger partial charge >= 0.3 is 0 Å². The average Bonchev–Trinajstić information content (AvgIpc) is 2.76. The van der Waals surface area contributed by atoms with Crippen molar-refractivity contribution in [3.8, 4) is 0 Å². The molecule has 1 aliphatic heterocycles. The average molecular weight is 194 g/mol. The molecular weight excluding hydrogens is 182 g/mol. The SMILES string of the molecule is O=C(Cn1c[c]cn1)NC1CCOC1. The fourth-order valence-electron chi connectivity index (χ4n) is 1.42. The summed E-state index contributed by atoms with van der Waals surface area (Å²) in [5.74, 6) is -0.0300. The first kappa shape index (κ1) is 9.21. The lowest BCUT2D eigenvalue weighted by atomic mass is 10.2. The van der Waals surface area contributed by atoms with Gasteiger partial charge < -0.3 is 10.1 Å². The van der Waals surface area contributed by atoms with Crippen LogP contribution in [0, 0.1) is 6.07 Å². The first-order valence-electron chi connectivity index (χ1n) is 4.60. The van der Waals surface area contributed by atoms with Crippen molar-refractivity contribution in [1.29, 1.82) is 0 Å². The maximum atomic E-state index is 11.4. The molecule has 1 radical (unpaired) electrons. The van der Waals surface area contributed by atoms with Crippen molar-refractivity contribution in [2.75, 3.05) is 13.2 Å². The number of hydrogen-bond acceptors (Lipinski definition) is 3. The predicted octanol–water partition coefficient (Wildman–Crippen LogP) is -0.412. The fourth-order valence-corrected chi connectivity index (χ4v) is 1.42. The lowest BCUT2D eigenvalue weighted by Gasteiger charge is -2.10. The van der Waals surface area contributed by atoms with E-state index in [0.29, 0.717) is 6.61 Å². The summed E-state index contributed by atoms with van der Waals surface area (Å²) in [4.78, 5) is 11.4. The molecular formula is C9H12N3O2. The van der Waals surface area contributed by atoms with Gasteiger partial charge in [-0.1, -0.05) is 0 Å². The lowest BCUT2D eigenvalue weighted by Crippen LogP contribution is -2.37. The predicted molar refractivity (Wildman–Crippen MR) is 48.4 cm³/mol. The van der Waals surface area contributed by atoms with E-state index in [-0.39, 0.29) is 18.5 Å². The minimum Gasteiger partial charge on any atom is -0.379 e. The van der Waals surface area contributed by atoms with Crippen LogP contribution in [0.2, 0.25) is 0 Å². The molecule has 0 bridgehead atoms. The van der Waals surface area contributed by atoms with Gasteiger partial charge in [0.05, 0.1) is 18.8 Å². The Morgan fingerprint density at radius 3 is 3.36 bits per heavy atom. The molecule has 14 heavy (non-hydrogen) atoms. The summed E-state index contributed by atoms with van der Waals surface area (Å²) in [5.41, 5.74) is 0. The Labute approximate surface area is 82.0 Å². The maximum Gasteiger partial charge on any atom is 0.242 e. The van der Waals surface area contributed by atoms with Crippen molar-refractivity contribution in [3.63, 3.8) is 0 Å². The second kappa shape index (κ2) is 4.23. The molecule has 0 aliphatic carbocycles. The van der Waals surface area contributed by atoms with E-state index in [1.165, 1.54) is 6.20 Å². The lowest BCUT2D eigenvalue weighted by molar-refractivity contribution is -0.122. The zero-order chi connectivity index (χ0) is 9.80. The van der Waals surface area contributed by atoms with Crippen molar-refractivity contribution in [1.82, 2.24) is 15.1 Å². The van der Waals surface area contributed by atoms with Crippen LogP contribution >= 0.6 is 0 Å². The van der Waals surface area contributed by atoms with Gasteiger partial charge in [-0.3, -0.25) is 9.48 Å². The molecule has 0 saturated carbocycles. The van der Waals surface area contributed by atoms with Gasteiger partial charge in [0.25, 0.3) is 0 Å². The van der Waals surface area contributed by atoms with Gasteiger partial charge in [0.1, 0.15) is 6.54 Å². The highest BCUT2D eigenvalue weighted by Gasteiger charge is 2.17. The largest absolute Gasteiger partial charge is 0.379 e. The summed E-state index contributed by atoms with van der Waals surface area (Å²) in [6, 6.07) is 2.94.